The predicted octanol–water partition coefficient (Wildman–Crippen LogP) is -0.345. The van der Waals surface area contributed by atoms with E-state index in [1.54, 1.807) is 0 Å². The van der Waals surface area contributed by atoms with Gasteiger partial charge in [0.25, 0.3) is 0 Å². The quantitative estimate of drug-likeness (QED) is 0.705. The van der Waals surface area contributed by atoms with Gasteiger partial charge in [0, 0.05) is 39.3 Å². The maximum absolute atomic E-state index is 11.9. The highest BCUT2D eigenvalue weighted by Crippen LogP contribution is 1.98. The fourth-order valence-electron chi connectivity index (χ4n) is 1.76. The van der Waals surface area contributed by atoms with Crippen LogP contribution in [0.15, 0.2) is 0 Å². The number of amides is 2. The van der Waals surface area contributed by atoms with Gasteiger partial charge in [-0.15, -0.1) is 0 Å². The number of piperazine rings is 1. The molecule has 0 aromatic carbocycles. The maximum atomic E-state index is 11.9. The van der Waals surface area contributed by atoms with Crippen LogP contribution in [0.5, 0.6) is 0 Å². The van der Waals surface area contributed by atoms with E-state index in [1.807, 2.05) is 19.0 Å². The van der Waals surface area contributed by atoms with Gasteiger partial charge >= 0.3 is 12.0 Å². The van der Waals surface area contributed by atoms with E-state index in [9.17, 15) is 9.59 Å². The largest absolute Gasteiger partial charge is 0.481 e. The molecule has 0 unspecified atom stereocenters. The molecule has 7 nitrogen and oxygen atoms in total. The summed E-state index contributed by atoms with van der Waals surface area (Å²) in [5.74, 6) is -0.888. The van der Waals surface area contributed by atoms with E-state index in [4.69, 9.17) is 5.11 Å². The summed E-state index contributed by atoms with van der Waals surface area (Å²) in [5.41, 5.74) is 2.81. The van der Waals surface area contributed by atoms with Crippen molar-refractivity contribution in [2.75, 3.05) is 46.3 Å². The van der Waals surface area contributed by atoms with Crippen molar-refractivity contribution in [2.45, 2.75) is 13.3 Å². The molecule has 18 heavy (non-hydrogen) atoms. The molecule has 7 heteroatoms. The molecule has 1 heterocycles. The van der Waals surface area contributed by atoms with Crippen molar-refractivity contribution in [3.05, 3.63) is 0 Å². The minimum Gasteiger partial charge on any atom is -0.481 e. The van der Waals surface area contributed by atoms with E-state index in [0.717, 1.165) is 26.2 Å². The van der Waals surface area contributed by atoms with Gasteiger partial charge < -0.3 is 14.9 Å². The second kappa shape index (κ2) is 7.17. The van der Waals surface area contributed by atoms with Crippen LogP contribution < -0.4 is 5.43 Å². The highest BCUT2D eigenvalue weighted by atomic mass is 16.4. The van der Waals surface area contributed by atoms with Gasteiger partial charge in [-0.2, -0.15) is 0 Å². The number of nitrogens with one attached hydrogen (secondary N) is 1. The van der Waals surface area contributed by atoms with Crippen LogP contribution in [0.4, 0.5) is 4.79 Å². The molecule has 0 aliphatic carbocycles. The standard InChI is InChI=1S/C11H22N4O3/c1-3-14(5-4-10(16)17)11(18)12-15-8-6-13(2)7-9-15/h3-9H2,1-2H3,(H,12,18)(H,16,17). The molecule has 0 bridgehead atoms. The summed E-state index contributed by atoms with van der Waals surface area (Å²) in [6.45, 7) is 6.00. The van der Waals surface area contributed by atoms with E-state index >= 15 is 0 Å². The summed E-state index contributed by atoms with van der Waals surface area (Å²) in [6.07, 6.45) is -0.0238. The van der Waals surface area contributed by atoms with Crippen LogP contribution in [0, 0.1) is 0 Å². The highest BCUT2D eigenvalue weighted by Gasteiger charge is 2.19. The molecule has 0 atom stereocenters. The van der Waals surface area contributed by atoms with Crippen molar-refractivity contribution in [1.82, 2.24) is 20.2 Å². The third-order valence-electron chi connectivity index (χ3n) is 3.02. The number of carbonyl (C=O) groups excluding carboxylic acids is 1. The summed E-state index contributed by atoms with van der Waals surface area (Å²) in [4.78, 5) is 26.1. The number of urea groups is 1. The number of carboxylic acids is 1. The lowest BCUT2D eigenvalue weighted by molar-refractivity contribution is -0.137. The topological polar surface area (TPSA) is 76.1 Å². The third kappa shape index (κ3) is 4.89. The van der Waals surface area contributed by atoms with Crippen LogP contribution >= 0.6 is 0 Å². The molecule has 0 saturated carbocycles. The first kappa shape index (κ1) is 14.7. The van der Waals surface area contributed by atoms with Gasteiger partial charge in [-0.25, -0.2) is 9.80 Å². The molecular formula is C11H22N4O3. The fraction of sp³-hybridized carbons (Fsp3) is 0.818. The van der Waals surface area contributed by atoms with Crippen LogP contribution in [-0.2, 0) is 4.79 Å². The Labute approximate surface area is 107 Å². The highest BCUT2D eigenvalue weighted by molar-refractivity contribution is 5.74. The van der Waals surface area contributed by atoms with Gasteiger partial charge in [0.05, 0.1) is 6.42 Å². The summed E-state index contributed by atoms with van der Waals surface area (Å²) in [6, 6.07) is -0.219. The molecule has 0 spiro atoms. The molecule has 0 aromatic heterocycles. The summed E-state index contributed by atoms with van der Waals surface area (Å²) in [7, 11) is 2.05. The molecule has 1 fully saturated rings. The first-order valence-electron chi connectivity index (χ1n) is 6.23. The van der Waals surface area contributed by atoms with Crippen molar-refractivity contribution in [3.63, 3.8) is 0 Å². The van der Waals surface area contributed by atoms with Crippen LogP contribution in [-0.4, -0.2) is 78.2 Å². The number of nitrogens with zero attached hydrogens (tertiary/aromatic N) is 3. The van der Waals surface area contributed by atoms with Crippen LogP contribution in [0.1, 0.15) is 13.3 Å². The Balaban J connectivity index is 2.35. The van der Waals surface area contributed by atoms with Crippen molar-refractivity contribution in [1.29, 1.82) is 0 Å². The SMILES string of the molecule is CCN(CCC(=O)O)C(=O)NN1CCN(C)CC1. The summed E-state index contributed by atoms with van der Waals surface area (Å²) >= 11 is 0. The molecule has 1 saturated heterocycles. The van der Waals surface area contributed by atoms with Gasteiger partial charge in [-0.05, 0) is 14.0 Å². The average molecular weight is 258 g/mol. The minimum absolute atomic E-state index is 0.0238. The van der Waals surface area contributed by atoms with E-state index < -0.39 is 5.97 Å². The van der Waals surface area contributed by atoms with Gasteiger partial charge in [-0.3, -0.25) is 10.2 Å². The Morgan fingerprint density at radius 2 is 1.89 bits per heavy atom. The zero-order chi connectivity index (χ0) is 13.5. The third-order valence-corrected chi connectivity index (χ3v) is 3.02. The second-order valence-corrected chi connectivity index (χ2v) is 4.43. The maximum Gasteiger partial charge on any atom is 0.331 e. The lowest BCUT2D eigenvalue weighted by Gasteiger charge is -2.34. The normalized spacial score (nSPS) is 17.4. The van der Waals surface area contributed by atoms with Crippen molar-refractivity contribution < 1.29 is 14.7 Å². The number of hydrogen-bond donors (Lipinski definition) is 2. The van der Waals surface area contributed by atoms with Crippen LogP contribution in [0.3, 0.4) is 0 Å². The number of carbonyl (C=O) groups is 2. The zero-order valence-electron chi connectivity index (χ0n) is 11.1. The number of rotatable bonds is 5. The number of likely N-dealkylation sites (N-methyl/N-ethyl adjacent to an activating group) is 1. The van der Waals surface area contributed by atoms with E-state index in [-0.39, 0.29) is 19.0 Å². The van der Waals surface area contributed by atoms with E-state index in [1.165, 1.54) is 4.90 Å². The van der Waals surface area contributed by atoms with Gasteiger partial charge in [-0.1, -0.05) is 0 Å². The smallest absolute Gasteiger partial charge is 0.331 e. The number of carboxylic acid groups (broad SMARTS) is 1. The molecule has 2 N–H and O–H groups in total. The van der Waals surface area contributed by atoms with E-state index in [2.05, 4.69) is 10.3 Å². The molecule has 0 radical (unpaired) electrons. The van der Waals surface area contributed by atoms with E-state index in [0.29, 0.717) is 6.54 Å². The molecule has 2 amide bonds. The number of hydrazine groups is 1. The van der Waals surface area contributed by atoms with Gasteiger partial charge in [0.1, 0.15) is 0 Å². The molecule has 104 valence electrons. The summed E-state index contributed by atoms with van der Waals surface area (Å²) in [5, 5.41) is 10.5. The van der Waals surface area contributed by atoms with Crippen molar-refractivity contribution >= 4 is 12.0 Å². The Morgan fingerprint density at radius 3 is 2.39 bits per heavy atom. The Morgan fingerprint density at radius 1 is 1.28 bits per heavy atom. The van der Waals surface area contributed by atoms with Crippen LogP contribution in [0.25, 0.3) is 0 Å². The van der Waals surface area contributed by atoms with Crippen LogP contribution in [0.2, 0.25) is 0 Å². The Bertz CT molecular complexity index is 290. The lowest BCUT2D eigenvalue weighted by Crippen LogP contribution is -2.55. The van der Waals surface area contributed by atoms with Gasteiger partial charge in [0.15, 0.2) is 0 Å². The zero-order valence-corrected chi connectivity index (χ0v) is 11.1. The number of hydrogen-bond acceptors (Lipinski definition) is 4. The lowest BCUT2D eigenvalue weighted by atomic mass is 10.4. The predicted molar refractivity (Wildman–Crippen MR) is 67.1 cm³/mol. The second-order valence-electron chi connectivity index (χ2n) is 4.43. The molecule has 1 rings (SSSR count). The molecule has 0 aromatic rings. The first-order chi connectivity index (χ1) is 8.52. The molecule has 1 aliphatic heterocycles. The monoisotopic (exact) mass is 258 g/mol. The molecule has 1 aliphatic rings. The minimum atomic E-state index is -0.888. The Kier molecular flexibility index (Phi) is 5.87. The average Bonchev–Trinajstić information content (AvgIpc) is 2.32. The summed E-state index contributed by atoms with van der Waals surface area (Å²) < 4.78 is 0. The fourth-order valence-corrected chi connectivity index (χ4v) is 1.76. The molecular weight excluding hydrogens is 236 g/mol. The van der Waals surface area contributed by atoms with Gasteiger partial charge in [0.2, 0.25) is 0 Å². The van der Waals surface area contributed by atoms with Crippen molar-refractivity contribution in [3.8, 4) is 0 Å². The first-order valence-corrected chi connectivity index (χ1v) is 6.23. The Hall–Kier alpha value is -1.34. The van der Waals surface area contributed by atoms with Crippen molar-refractivity contribution in [2.24, 2.45) is 0 Å². The number of aliphatic carboxylic acids is 1.